The summed E-state index contributed by atoms with van der Waals surface area (Å²) in [6.07, 6.45) is 4.50. The molecule has 0 atom stereocenters. The number of hydrogen-bond acceptors (Lipinski definition) is 4. The Morgan fingerprint density at radius 2 is 1.92 bits per heavy atom. The van der Waals surface area contributed by atoms with E-state index in [1.165, 1.54) is 0 Å². The van der Waals surface area contributed by atoms with E-state index >= 15 is 0 Å². The van der Waals surface area contributed by atoms with Crippen LogP contribution in [0.5, 0.6) is 0 Å². The molecule has 0 saturated heterocycles. The first-order valence-electron chi connectivity index (χ1n) is 8.53. The number of pyridine rings is 1. The SMILES string of the molecule is CC(C)OCc1cccc(NC(=O)NCCCNc2ccncc2)c1. The number of urea groups is 1. The molecule has 6 heteroatoms. The van der Waals surface area contributed by atoms with Gasteiger partial charge in [-0.3, -0.25) is 4.98 Å². The van der Waals surface area contributed by atoms with Crippen LogP contribution >= 0.6 is 0 Å². The van der Waals surface area contributed by atoms with Gasteiger partial charge in [-0.25, -0.2) is 4.79 Å². The molecule has 0 fully saturated rings. The highest BCUT2D eigenvalue weighted by Gasteiger charge is 2.03. The standard InChI is InChI=1S/C19H26N4O2/c1-15(2)25-14-16-5-3-6-18(13-16)23-19(24)22-10-4-9-21-17-7-11-20-12-8-17/h3,5-8,11-13,15H,4,9-10,14H2,1-2H3,(H,20,21)(H2,22,23,24). The van der Waals surface area contributed by atoms with Crippen molar-refractivity contribution in [1.29, 1.82) is 0 Å². The first-order valence-corrected chi connectivity index (χ1v) is 8.53. The molecule has 2 amide bonds. The third-order valence-corrected chi connectivity index (χ3v) is 3.42. The normalized spacial score (nSPS) is 10.5. The summed E-state index contributed by atoms with van der Waals surface area (Å²) in [5.74, 6) is 0. The van der Waals surface area contributed by atoms with Crippen LogP contribution in [0.3, 0.4) is 0 Å². The van der Waals surface area contributed by atoms with Crippen molar-refractivity contribution >= 4 is 17.4 Å². The number of ether oxygens (including phenoxy) is 1. The number of rotatable bonds is 9. The van der Waals surface area contributed by atoms with Gasteiger partial charge in [0.05, 0.1) is 12.7 Å². The van der Waals surface area contributed by atoms with E-state index < -0.39 is 0 Å². The summed E-state index contributed by atoms with van der Waals surface area (Å²) in [6.45, 7) is 5.92. The molecular formula is C19H26N4O2. The van der Waals surface area contributed by atoms with Gasteiger partial charge in [0.2, 0.25) is 0 Å². The molecule has 2 aromatic rings. The molecular weight excluding hydrogens is 316 g/mol. The minimum atomic E-state index is -0.203. The highest BCUT2D eigenvalue weighted by molar-refractivity contribution is 5.89. The van der Waals surface area contributed by atoms with Crippen LogP contribution < -0.4 is 16.0 Å². The smallest absolute Gasteiger partial charge is 0.319 e. The molecule has 1 heterocycles. The number of aromatic nitrogens is 1. The lowest BCUT2D eigenvalue weighted by molar-refractivity contribution is 0.0657. The summed E-state index contributed by atoms with van der Waals surface area (Å²) in [7, 11) is 0. The second-order valence-electron chi connectivity index (χ2n) is 5.96. The Kier molecular flexibility index (Phi) is 7.72. The predicted molar refractivity (Wildman–Crippen MR) is 101 cm³/mol. The van der Waals surface area contributed by atoms with E-state index in [9.17, 15) is 4.79 Å². The lowest BCUT2D eigenvalue weighted by Crippen LogP contribution is -2.30. The van der Waals surface area contributed by atoms with Gasteiger partial charge in [0.15, 0.2) is 0 Å². The molecule has 0 bridgehead atoms. The van der Waals surface area contributed by atoms with Crippen molar-refractivity contribution < 1.29 is 9.53 Å². The topological polar surface area (TPSA) is 75.3 Å². The molecule has 0 aliphatic heterocycles. The largest absolute Gasteiger partial charge is 0.385 e. The average Bonchev–Trinajstić information content (AvgIpc) is 2.61. The first-order chi connectivity index (χ1) is 12.1. The zero-order chi connectivity index (χ0) is 17.9. The summed E-state index contributed by atoms with van der Waals surface area (Å²) in [5.41, 5.74) is 2.82. The summed E-state index contributed by atoms with van der Waals surface area (Å²) in [6, 6.07) is 11.3. The maximum absolute atomic E-state index is 11.9. The lowest BCUT2D eigenvalue weighted by Gasteiger charge is -2.11. The number of amides is 2. The summed E-state index contributed by atoms with van der Waals surface area (Å²) in [4.78, 5) is 15.9. The third kappa shape index (κ3) is 7.67. The number of benzene rings is 1. The molecule has 2 rings (SSSR count). The van der Waals surface area contributed by atoms with Crippen LogP contribution in [0, 0.1) is 0 Å². The number of carbonyl (C=O) groups is 1. The zero-order valence-corrected chi connectivity index (χ0v) is 14.8. The van der Waals surface area contributed by atoms with E-state index in [2.05, 4.69) is 20.9 Å². The van der Waals surface area contributed by atoms with Crippen molar-refractivity contribution in [3.63, 3.8) is 0 Å². The minimum absolute atomic E-state index is 0.181. The van der Waals surface area contributed by atoms with Crippen LogP contribution in [0.15, 0.2) is 48.8 Å². The van der Waals surface area contributed by atoms with Crippen LogP contribution in [0.25, 0.3) is 0 Å². The van der Waals surface area contributed by atoms with Gasteiger partial charge in [-0.1, -0.05) is 12.1 Å². The highest BCUT2D eigenvalue weighted by atomic mass is 16.5. The van der Waals surface area contributed by atoms with Gasteiger partial charge in [-0.05, 0) is 50.1 Å². The van der Waals surface area contributed by atoms with E-state index in [1.807, 2.05) is 50.2 Å². The lowest BCUT2D eigenvalue weighted by atomic mass is 10.2. The van der Waals surface area contributed by atoms with E-state index in [1.54, 1.807) is 12.4 Å². The summed E-state index contributed by atoms with van der Waals surface area (Å²) >= 11 is 0. The molecule has 0 aliphatic rings. The maximum Gasteiger partial charge on any atom is 0.319 e. The van der Waals surface area contributed by atoms with Gasteiger partial charge < -0.3 is 20.7 Å². The molecule has 3 N–H and O–H groups in total. The van der Waals surface area contributed by atoms with E-state index in [0.29, 0.717) is 13.2 Å². The Morgan fingerprint density at radius 1 is 1.12 bits per heavy atom. The van der Waals surface area contributed by atoms with Crippen LogP contribution in [-0.4, -0.2) is 30.2 Å². The monoisotopic (exact) mass is 342 g/mol. The molecule has 0 saturated carbocycles. The van der Waals surface area contributed by atoms with E-state index in [-0.39, 0.29) is 12.1 Å². The van der Waals surface area contributed by atoms with E-state index in [0.717, 1.165) is 29.9 Å². The van der Waals surface area contributed by atoms with Crippen LogP contribution in [0.4, 0.5) is 16.2 Å². The molecule has 0 unspecified atom stereocenters. The number of hydrogen-bond donors (Lipinski definition) is 3. The second-order valence-corrected chi connectivity index (χ2v) is 5.96. The fraction of sp³-hybridized carbons (Fsp3) is 0.368. The fourth-order valence-corrected chi connectivity index (χ4v) is 2.17. The molecule has 1 aromatic heterocycles. The Morgan fingerprint density at radius 3 is 2.68 bits per heavy atom. The second kappa shape index (κ2) is 10.3. The summed E-state index contributed by atoms with van der Waals surface area (Å²) < 4.78 is 5.58. The molecule has 0 spiro atoms. The van der Waals surface area contributed by atoms with Gasteiger partial charge in [-0.2, -0.15) is 0 Å². The predicted octanol–water partition coefficient (Wildman–Crippen LogP) is 3.63. The van der Waals surface area contributed by atoms with Crippen LogP contribution in [0.1, 0.15) is 25.8 Å². The molecule has 0 aliphatic carbocycles. The number of anilines is 2. The van der Waals surface area contributed by atoms with Gasteiger partial charge in [0, 0.05) is 36.9 Å². The Hall–Kier alpha value is -2.60. The molecule has 6 nitrogen and oxygen atoms in total. The number of nitrogens with zero attached hydrogens (tertiary/aromatic N) is 1. The van der Waals surface area contributed by atoms with Crippen molar-refractivity contribution in [1.82, 2.24) is 10.3 Å². The number of carbonyl (C=O) groups excluding carboxylic acids is 1. The fourth-order valence-electron chi connectivity index (χ4n) is 2.17. The molecule has 1 aromatic carbocycles. The van der Waals surface area contributed by atoms with Crippen molar-refractivity contribution in [2.75, 3.05) is 23.7 Å². The average molecular weight is 342 g/mol. The Bertz CT molecular complexity index is 647. The van der Waals surface area contributed by atoms with Crippen LogP contribution in [-0.2, 0) is 11.3 Å². The van der Waals surface area contributed by atoms with Crippen LogP contribution in [0.2, 0.25) is 0 Å². The summed E-state index contributed by atoms with van der Waals surface area (Å²) in [5, 5.41) is 8.97. The van der Waals surface area contributed by atoms with Crippen molar-refractivity contribution in [3.8, 4) is 0 Å². The highest BCUT2D eigenvalue weighted by Crippen LogP contribution is 2.12. The Labute approximate surface area is 149 Å². The molecule has 134 valence electrons. The first kappa shape index (κ1) is 18.7. The van der Waals surface area contributed by atoms with Crippen molar-refractivity contribution in [2.24, 2.45) is 0 Å². The zero-order valence-electron chi connectivity index (χ0n) is 14.8. The third-order valence-electron chi connectivity index (χ3n) is 3.42. The van der Waals surface area contributed by atoms with Gasteiger partial charge in [0.25, 0.3) is 0 Å². The Balaban J connectivity index is 1.65. The van der Waals surface area contributed by atoms with Crippen molar-refractivity contribution in [2.45, 2.75) is 33.0 Å². The van der Waals surface area contributed by atoms with Gasteiger partial charge in [0.1, 0.15) is 0 Å². The molecule has 25 heavy (non-hydrogen) atoms. The van der Waals surface area contributed by atoms with Gasteiger partial charge in [-0.15, -0.1) is 0 Å². The van der Waals surface area contributed by atoms with Gasteiger partial charge >= 0.3 is 6.03 Å². The minimum Gasteiger partial charge on any atom is -0.385 e. The quantitative estimate of drug-likeness (QED) is 0.608. The molecule has 0 radical (unpaired) electrons. The number of nitrogens with one attached hydrogen (secondary N) is 3. The van der Waals surface area contributed by atoms with E-state index in [4.69, 9.17) is 4.74 Å². The van der Waals surface area contributed by atoms with Crippen molar-refractivity contribution in [3.05, 3.63) is 54.4 Å². The maximum atomic E-state index is 11.9.